The van der Waals surface area contributed by atoms with Crippen molar-refractivity contribution in [2.75, 3.05) is 5.75 Å². The lowest BCUT2D eigenvalue weighted by Gasteiger charge is -2.37. The van der Waals surface area contributed by atoms with E-state index >= 15 is 0 Å². The van der Waals surface area contributed by atoms with Crippen LogP contribution in [0.15, 0.2) is 46.1 Å². The van der Waals surface area contributed by atoms with Crippen molar-refractivity contribution < 1.29 is 15.3 Å². The molecule has 0 heterocycles. The molecule has 1 aliphatic carbocycles. The fourth-order valence-electron chi connectivity index (χ4n) is 3.91. The van der Waals surface area contributed by atoms with Gasteiger partial charge in [-0.15, -0.1) is 0 Å². The topological polar surface area (TPSA) is 77.8 Å². The first-order valence-corrected chi connectivity index (χ1v) is 10.6. The maximum atomic E-state index is 11.9. The number of hydrogen-bond donors (Lipinski definition) is 3. The van der Waals surface area contributed by atoms with E-state index in [9.17, 15) is 20.1 Å². The Labute approximate surface area is 162 Å². The minimum Gasteiger partial charge on any atom is -0.504 e. The largest absolute Gasteiger partial charge is 0.504 e. The molecule has 0 amide bonds. The van der Waals surface area contributed by atoms with E-state index in [0.29, 0.717) is 30.6 Å². The summed E-state index contributed by atoms with van der Waals surface area (Å²) >= 11 is 0. The molecule has 3 unspecified atom stereocenters. The quantitative estimate of drug-likeness (QED) is 0.704. The highest BCUT2D eigenvalue weighted by molar-refractivity contribution is 8.14. The van der Waals surface area contributed by atoms with E-state index in [2.05, 4.69) is 5.87 Å². The predicted molar refractivity (Wildman–Crippen MR) is 111 cm³/mol. The van der Waals surface area contributed by atoms with Gasteiger partial charge in [0.15, 0.2) is 5.75 Å². The molecule has 0 spiro atoms. The fourth-order valence-corrected chi connectivity index (χ4v) is 5.56. The number of aryl methyl sites for hydroxylation is 1. The summed E-state index contributed by atoms with van der Waals surface area (Å²) in [7, 11) is -0.328. The number of aromatic hydroxyl groups is 2. The van der Waals surface area contributed by atoms with Crippen LogP contribution in [0, 0.1) is 12.8 Å². The SMILES string of the molecule is C=S(CC(C)(O)C1CCc2c(O)c(O)c(=O)cc(C)c2C1)c1ccccc1. The van der Waals surface area contributed by atoms with Gasteiger partial charge in [0.05, 0.1) is 5.60 Å². The zero-order chi connectivity index (χ0) is 19.8. The molecule has 0 radical (unpaired) electrons. The molecule has 3 N–H and O–H groups in total. The summed E-state index contributed by atoms with van der Waals surface area (Å²) in [6.07, 6.45) is 1.75. The Bertz CT molecular complexity index is 935. The van der Waals surface area contributed by atoms with E-state index in [0.717, 1.165) is 16.0 Å². The Morgan fingerprint density at radius 2 is 1.85 bits per heavy atom. The van der Waals surface area contributed by atoms with Gasteiger partial charge < -0.3 is 15.3 Å². The number of aliphatic hydroxyl groups is 1. The van der Waals surface area contributed by atoms with Crippen LogP contribution in [-0.4, -0.2) is 32.5 Å². The molecule has 5 heteroatoms. The van der Waals surface area contributed by atoms with Crippen molar-refractivity contribution in [3.05, 3.63) is 63.3 Å². The minimum absolute atomic E-state index is 0.0109. The summed E-state index contributed by atoms with van der Waals surface area (Å²) in [5, 5.41) is 31.4. The van der Waals surface area contributed by atoms with Crippen LogP contribution in [0.5, 0.6) is 11.5 Å². The van der Waals surface area contributed by atoms with E-state index in [1.165, 1.54) is 6.07 Å². The van der Waals surface area contributed by atoms with Crippen LogP contribution >= 0.6 is 10.5 Å². The Morgan fingerprint density at radius 1 is 1.19 bits per heavy atom. The van der Waals surface area contributed by atoms with Crippen LogP contribution in [-0.2, 0) is 12.8 Å². The van der Waals surface area contributed by atoms with Gasteiger partial charge >= 0.3 is 0 Å². The lowest BCUT2D eigenvalue weighted by atomic mass is 9.75. The van der Waals surface area contributed by atoms with Gasteiger partial charge in [0, 0.05) is 16.2 Å². The monoisotopic (exact) mass is 386 g/mol. The van der Waals surface area contributed by atoms with Crippen LogP contribution in [0.4, 0.5) is 0 Å². The molecular formula is C22H26O4S. The van der Waals surface area contributed by atoms with E-state index < -0.39 is 16.8 Å². The molecule has 0 saturated carbocycles. The van der Waals surface area contributed by atoms with Crippen molar-refractivity contribution in [1.29, 1.82) is 0 Å². The molecular weight excluding hydrogens is 360 g/mol. The molecule has 3 rings (SSSR count). The molecule has 0 saturated heterocycles. The second-order valence-corrected chi connectivity index (χ2v) is 9.34. The van der Waals surface area contributed by atoms with E-state index in [1.807, 2.05) is 44.2 Å². The Hall–Kier alpha value is -2.11. The van der Waals surface area contributed by atoms with Gasteiger partial charge in [-0.05, 0) is 68.4 Å². The summed E-state index contributed by atoms with van der Waals surface area (Å²) in [5.41, 5.74) is 0.715. The summed E-state index contributed by atoms with van der Waals surface area (Å²) in [5.74, 6) is 3.89. The van der Waals surface area contributed by atoms with E-state index in [1.54, 1.807) is 0 Å². The Balaban J connectivity index is 1.89. The molecule has 0 aromatic heterocycles. The summed E-state index contributed by atoms with van der Waals surface area (Å²) in [6.45, 7) is 3.66. The fraction of sp³-hybridized carbons (Fsp3) is 0.364. The third-order valence-corrected chi connectivity index (χ3v) is 7.42. The number of rotatable bonds is 4. The minimum atomic E-state index is -0.919. The van der Waals surface area contributed by atoms with Crippen LogP contribution < -0.4 is 5.43 Å². The molecule has 3 atom stereocenters. The maximum Gasteiger partial charge on any atom is 0.224 e. The van der Waals surface area contributed by atoms with Gasteiger partial charge in [0.25, 0.3) is 0 Å². The molecule has 27 heavy (non-hydrogen) atoms. The highest BCUT2D eigenvalue weighted by atomic mass is 32.2. The number of hydrogen-bond acceptors (Lipinski definition) is 4. The predicted octanol–water partition coefficient (Wildman–Crippen LogP) is 3.38. The maximum absolute atomic E-state index is 11.9. The zero-order valence-electron chi connectivity index (χ0n) is 15.7. The molecule has 2 aromatic carbocycles. The van der Waals surface area contributed by atoms with E-state index in [4.69, 9.17) is 0 Å². The molecule has 0 fully saturated rings. The smallest absolute Gasteiger partial charge is 0.224 e. The highest BCUT2D eigenvalue weighted by Gasteiger charge is 2.36. The van der Waals surface area contributed by atoms with Crippen molar-refractivity contribution in [3.8, 4) is 11.5 Å². The van der Waals surface area contributed by atoms with Gasteiger partial charge in [-0.3, -0.25) is 4.79 Å². The van der Waals surface area contributed by atoms with Crippen molar-refractivity contribution in [3.63, 3.8) is 0 Å². The lowest BCUT2D eigenvalue weighted by Crippen LogP contribution is -2.41. The van der Waals surface area contributed by atoms with Gasteiger partial charge in [0.2, 0.25) is 11.2 Å². The standard InChI is InChI=1S/C22H26O4S/c1-14-11-19(23)21(25)20(24)17-10-9-15(12-18(14)17)22(2,26)13-27(3)16-7-5-4-6-8-16/h4-8,11,15,26H,3,9-10,12-13H2,1-2H3,(H2,23,24,25). The summed E-state index contributed by atoms with van der Waals surface area (Å²) < 4.78 is 0. The normalized spacial score (nSPS) is 19.7. The lowest BCUT2D eigenvalue weighted by molar-refractivity contribution is 0.0154. The van der Waals surface area contributed by atoms with E-state index in [-0.39, 0.29) is 22.2 Å². The first-order chi connectivity index (χ1) is 12.7. The van der Waals surface area contributed by atoms with Crippen LogP contribution in [0.3, 0.4) is 0 Å². The second kappa shape index (κ2) is 7.49. The number of fused-ring (bicyclic) bond motifs is 1. The summed E-state index contributed by atoms with van der Waals surface area (Å²) in [6, 6.07) is 11.3. The van der Waals surface area contributed by atoms with Crippen LogP contribution in [0.25, 0.3) is 0 Å². The molecule has 1 aliphatic rings. The van der Waals surface area contributed by atoms with Gasteiger partial charge in [-0.25, -0.2) is 0 Å². The molecule has 0 aliphatic heterocycles. The first-order valence-electron chi connectivity index (χ1n) is 9.06. The van der Waals surface area contributed by atoms with Crippen molar-refractivity contribution in [2.45, 2.75) is 43.6 Å². The Morgan fingerprint density at radius 3 is 2.52 bits per heavy atom. The molecule has 144 valence electrons. The first kappa shape index (κ1) is 19.6. The molecule has 4 nitrogen and oxygen atoms in total. The summed E-state index contributed by atoms with van der Waals surface area (Å²) in [4.78, 5) is 13.1. The van der Waals surface area contributed by atoms with Crippen molar-refractivity contribution >= 4 is 16.4 Å². The Kier molecular flexibility index (Phi) is 5.45. The van der Waals surface area contributed by atoms with Gasteiger partial charge in [-0.2, -0.15) is 10.5 Å². The second-order valence-electron chi connectivity index (χ2n) is 7.59. The third kappa shape index (κ3) is 3.94. The van der Waals surface area contributed by atoms with Gasteiger partial charge in [0.1, 0.15) is 0 Å². The molecule has 0 bridgehead atoms. The number of benzene rings is 1. The highest BCUT2D eigenvalue weighted by Crippen LogP contribution is 2.41. The van der Waals surface area contributed by atoms with Crippen molar-refractivity contribution in [1.82, 2.24) is 0 Å². The van der Waals surface area contributed by atoms with Crippen LogP contribution in [0.2, 0.25) is 0 Å². The van der Waals surface area contributed by atoms with Crippen LogP contribution in [0.1, 0.15) is 30.0 Å². The average molecular weight is 387 g/mol. The van der Waals surface area contributed by atoms with Crippen molar-refractivity contribution in [2.24, 2.45) is 5.92 Å². The third-order valence-electron chi connectivity index (χ3n) is 5.55. The van der Waals surface area contributed by atoms with Gasteiger partial charge in [-0.1, -0.05) is 24.1 Å². The molecule has 2 aromatic rings. The average Bonchev–Trinajstić information content (AvgIpc) is 2.73. The zero-order valence-corrected chi connectivity index (χ0v) is 16.6.